The van der Waals surface area contributed by atoms with E-state index in [9.17, 15) is 9.59 Å². The van der Waals surface area contributed by atoms with Gasteiger partial charge in [0.05, 0.1) is 0 Å². The fourth-order valence-electron chi connectivity index (χ4n) is 2.86. The van der Waals surface area contributed by atoms with Gasteiger partial charge in [0, 0.05) is 23.4 Å². The van der Waals surface area contributed by atoms with Gasteiger partial charge in [0.1, 0.15) is 0 Å². The molecule has 0 N–H and O–H groups in total. The number of amides is 1. The third-order valence-electron chi connectivity index (χ3n) is 4.38. The van der Waals surface area contributed by atoms with Crippen molar-refractivity contribution in [2.75, 3.05) is 11.4 Å². The molecule has 0 saturated heterocycles. The van der Waals surface area contributed by atoms with E-state index in [0.717, 1.165) is 23.2 Å². The van der Waals surface area contributed by atoms with Gasteiger partial charge >= 0.3 is 0 Å². The van der Waals surface area contributed by atoms with Crippen molar-refractivity contribution in [1.29, 1.82) is 0 Å². The second-order valence-electron chi connectivity index (χ2n) is 5.91. The number of aryl methyl sites for hydroxylation is 2. The minimum atomic E-state index is 0.0254. The van der Waals surface area contributed by atoms with Crippen LogP contribution in [-0.4, -0.2) is 18.2 Å². The molecule has 0 saturated carbocycles. The first-order valence-corrected chi connectivity index (χ1v) is 7.50. The number of fused-ring (bicyclic) bond motifs is 1. The zero-order valence-corrected chi connectivity index (χ0v) is 13.1. The fourth-order valence-corrected chi connectivity index (χ4v) is 2.86. The Morgan fingerprint density at radius 2 is 1.68 bits per heavy atom. The first kappa shape index (κ1) is 14.5. The van der Waals surface area contributed by atoms with Crippen molar-refractivity contribution in [2.24, 2.45) is 0 Å². The summed E-state index contributed by atoms with van der Waals surface area (Å²) < 4.78 is 0. The molecule has 0 fully saturated rings. The predicted octanol–water partition coefficient (Wildman–Crippen LogP) is 3.71. The summed E-state index contributed by atoms with van der Waals surface area (Å²) in [4.78, 5) is 26.0. The SMILES string of the molecule is CC(=O)c1ccc2c(c1)CCN2C(=O)c1ccc(C)c(C)c1. The summed E-state index contributed by atoms with van der Waals surface area (Å²) in [6.07, 6.45) is 0.799. The Hall–Kier alpha value is -2.42. The number of Topliss-reactive ketones (excluding diaryl/α,β-unsaturated/α-hetero) is 1. The third kappa shape index (κ3) is 2.43. The number of hydrogen-bond donors (Lipinski definition) is 0. The highest BCUT2D eigenvalue weighted by molar-refractivity contribution is 6.07. The van der Waals surface area contributed by atoms with Crippen LogP contribution in [0.5, 0.6) is 0 Å². The van der Waals surface area contributed by atoms with E-state index in [1.54, 1.807) is 13.0 Å². The second kappa shape index (κ2) is 5.41. The lowest BCUT2D eigenvalue weighted by Gasteiger charge is -2.18. The van der Waals surface area contributed by atoms with E-state index in [2.05, 4.69) is 0 Å². The molecule has 3 rings (SSSR count). The molecule has 0 unspecified atom stereocenters. The zero-order chi connectivity index (χ0) is 15.9. The molecule has 0 aliphatic carbocycles. The number of hydrogen-bond acceptors (Lipinski definition) is 2. The molecule has 1 aliphatic heterocycles. The lowest BCUT2D eigenvalue weighted by Crippen LogP contribution is -2.28. The van der Waals surface area contributed by atoms with Crippen LogP contribution in [0.4, 0.5) is 5.69 Å². The fraction of sp³-hybridized carbons (Fsp3) is 0.263. The van der Waals surface area contributed by atoms with Crippen molar-refractivity contribution in [2.45, 2.75) is 27.2 Å². The van der Waals surface area contributed by atoms with E-state index in [0.29, 0.717) is 17.7 Å². The number of nitrogens with zero attached hydrogens (tertiary/aromatic N) is 1. The molecule has 3 heteroatoms. The Bertz CT molecular complexity index is 777. The Morgan fingerprint density at radius 3 is 2.36 bits per heavy atom. The lowest BCUT2D eigenvalue weighted by atomic mass is 10.0. The number of benzene rings is 2. The summed E-state index contributed by atoms with van der Waals surface area (Å²) in [7, 11) is 0. The van der Waals surface area contributed by atoms with Crippen LogP contribution in [0.25, 0.3) is 0 Å². The van der Waals surface area contributed by atoms with Crippen molar-refractivity contribution < 1.29 is 9.59 Å². The molecule has 2 aromatic carbocycles. The van der Waals surface area contributed by atoms with Crippen LogP contribution < -0.4 is 4.90 Å². The maximum Gasteiger partial charge on any atom is 0.258 e. The van der Waals surface area contributed by atoms with Crippen molar-refractivity contribution in [3.8, 4) is 0 Å². The van der Waals surface area contributed by atoms with Gasteiger partial charge in [0.25, 0.3) is 5.91 Å². The summed E-state index contributed by atoms with van der Waals surface area (Å²) in [6, 6.07) is 11.4. The number of carbonyl (C=O) groups is 2. The molecule has 112 valence electrons. The minimum Gasteiger partial charge on any atom is -0.308 e. The molecule has 1 amide bonds. The summed E-state index contributed by atoms with van der Waals surface area (Å²) >= 11 is 0. The Morgan fingerprint density at radius 1 is 0.955 bits per heavy atom. The van der Waals surface area contributed by atoms with Gasteiger partial charge in [-0.2, -0.15) is 0 Å². The van der Waals surface area contributed by atoms with E-state index in [1.165, 1.54) is 5.56 Å². The molecule has 0 bridgehead atoms. The minimum absolute atomic E-state index is 0.0254. The molecule has 1 heterocycles. The van der Waals surface area contributed by atoms with Crippen LogP contribution in [-0.2, 0) is 6.42 Å². The number of rotatable bonds is 2. The van der Waals surface area contributed by atoms with Gasteiger partial charge in [-0.15, -0.1) is 0 Å². The molecule has 1 aliphatic rings. The Labute approximate surface area is 130 Å². The van der Waals surface area contributed by atoms with Crippen LogP contribution in [0, 0.1) is 13.8 Å². The summed E-state index contributed by atoms with van der Waals surface area (Å²) in [5, 5.41) is 0. The van der Waals surface area contributed by atoms with Crippen LogP contribution in [0.3, 0.4) is 0 Å². The molecular weight excluding hydrogens is 274 g/mol. The molecule has 2 aromatic rings. The zero-order valence-electron chi connectivity index (χ0n) is 13.1. The average Bonchev–Trinajstić information content (AvgIpc) is 2.92. The molecule has 0 radical (unpaired) electrons. The monoisotopic (exact) mass is 293 g/mol. The summed E-state index contributed by atoms with van der Waals surface area (Å²) in [5.41, 5.74) is 5.73. The standard InChI is InChI=1S/C19H19NO2/c1-12-4-5-17(10-13(12)2)19(22)20-9-8-16-11-15(14(3)21)6-7-18(16)20/h4-7,10-11H,8-9H2,1-3H3. The summed E-state index contributed by atoms with van der Waals surface area (Å²) in [6.45, 7) is 6.29. The van der Waals surface area contributed by atoms with Gasteiger partial charge in [-0.25, -0.2) is 0 Å². The molecule has 0 aromatic heterocycles. The van der Waals surface area contributed by atoms with Crippen LogP contribution in [0.1, 0.15) is 44.3 Å². The number of anilines is 1. The highest BCUT2D eigenvalue weighted by Crippen LogP contribution is 2.30. The van der Waals surface area contributed by atoms with Crippen molar-refractivity contribution >= 4 is 17.4 Å². The number of carbonyl (C=O) groups excluding carboxylic acids is 2. The Balaban J connectivity index is 1.94. The maximum absolute atomic E-state index is 12.8. The maximum atomic E-state index is 12.8. The number of ketones is 1. The topological polar surface area (TPSA) is 37.4 Å². The third-order valence-corrected chi connectivity index (χ3v) is 4.38. The largest absolute Gasteiger partial charge is 0.308 e. The van der Waals surface area contributed by atoms with E-state index >= 15 is 0 Å². The smallest absolute Gasteiger partial charge is 0.258 e. The van der Waals surface area contributed by atoms with E-state index < -0.39 is 0 Å². The van der Waals surface area contributed by atoms with Crippen LogP contribution >= 0.6 is 0 Å². The molecule has 0 atom stereocenters. The normalized spacial score (nSPS) is 13.1. The van der Waals surface area contributed by atoms with Gasteiger partial charge in [-0.1, -0.05) is 6.07 Å². The van der Waals surface area contributed by atoms with Gasteiger partial charge in [0.15, 0.2) is 5.78 Å². The second-order valence-corrected chi connectivity index (χ2v) is 5.91. The van der Waals surface area contributed by atoms with Crippen LogP contribution in [0.2, 0.25) is 0 Å². The lowest BCUT2D eigenvalue weighted by molar-refractivity contribution is 0.0987. The van der Waals surface area contributed by atoms with Gasteiger partial charge < -0.3 is 4.90 Å². The summed E-state index contributed by atoms with van der Waals surface area (Å²) in [5.74, 6) is 0.0826. The van der Waals surface area contributed by atoms with E-state index in [4.69, 9.17) is 0 Å². The molecule has 22 heavy (non-hydrogen) atoms. The molecular formula is C19H19NO2. The van der Waals surface area contributed by atoms with Crippen molar-refractivity contribution in [3.05, 3.63) is 64.2 Å². The highest BCUT2D eigenvalue weighted by atomic mass is 16.2. The van der Waals surface area contributed by atoms with E-state index in [-0.39, 0.29) is 11.7 Å². The van der Waals surface area contributed by atoms with Crippen LogP contribution in [0.15, 0.2) is 36.4 Å². The van der Waals surface area contributed by atoms with E-state index in [1.807, 2.05) is 49.1 Å². The first-order valence-electron chi connectivity index (χ1n) is 7.50. The quantitative estimate of drug-likeness (QED) is 0.792. The average molecular weight is 293 g/mol. The highest BCUT2D eigenvalue weighted by Gasteiger charge is 2.26. The molecule has 0 spiro atoms. The first-order chi connectivity index (χ1) is 10.5. The predicted molar refractivity (Wildman–Crippen MR) is 87.7 cm³/mol. The Kier molecular flexibility index (Phi) is 3.57. The van der Waals surface area contributed by atoms with Gasteiger partial charge in [0.2, 0.25) is 0 Å². The molecule has 3 nitrogen and oxygen atoms in total. The van der Waals surface area contributed by atoms with Crippen molar-refractivity contribution in [3.63, 3.8) is 0 Å². The van der Waals surface area contributed by atoms with Crippen molar-refractivity contribution in [1.82, 2.24) is 0 Å². The van der Waals surface area contributed by atoms with Gasteiger partial charge in [-0.3, -0.25) is 9.59 Å². The van der Waals surface area contributed by atoms with Gasteiger partial charge in [-0.05, 0) is 74.2 Å².